The number of hydrogen-bond acceptors (Lipinski definition) is 2. The molecule has 2 rings (SSSR count). The molecule has 0 spiro atoms. The van der Waals surface area contributed by atoms with Crippen LogP contribution in [-0.2, 0) is 24.5 Å². The predicted octanol–water partition coefficient (Wildman–Crippen LogP) is 3.76. The average molecular weight is 324 g/mol. The van der Waals surface area contributed by atoms with Crippen molar-refractivity contribution in [2.75, 3.05) is 0 Å². The molecule has 19 heavy (non-hydrogen) atoms. The van der Waals surface area contributed by atoms with Crippen molar-refractivity contribution in [2.45, 2.75) is 19.8 Å². The van der Waals surface area contributed by atoms with Gasteiger partial charge < -0.3 is 10.5 Å². The van der Waals surface area contributed by atoms with Crippen molar-refractivity contribution in [3.8, 4) is 0 Å². The fourth-order valence-electron chi connectivity index (χ4n) is 1.79. The summed E-state index contributed by atoms with van der Waals surface area (Å²) in [6, 6.07) is 12.7. The second-order valence-electron chi connectivity index (χ2n) is 4.29. The Balaban J connectivity index is 1.92. The lowest BCUT2D eigenvalue weighted by atomic mass is 10.1. The first-order valence-electron chi connectivity index (χ1n) is 5.98. The van der Waals surface area contributed by atoms with E-state index in [2.05, 4.69) is 15.9 Å². The van der Waals surface area contributed by atoms with E-state index in [4.69, 9.17) is 10.5 Å². The number of halogens is 2. The minimum atomic E-state index is -0.273. The van der Waals surface area contributed by atoms with Crippen molar-refractivity contribution in [1.82, 2.24) is 0 Å². The Morgan fingerprint density at radius 2 is 1.58 bits per heavy atom. The molecule has 0 saturated heterocycles. The molecule has 0 bridgehead atoms. The van der Waals surface area contributed by atoms with Crippen LogP contribution in [0.2, 0.25) is 0 Å². The molecular weight excluding hydrogens is 309 g/mol. The van der Waals surface area contributed by atoms with Crippen molar-refractivity contribution >= 4 is 15.9 Å². The van der Waals surface area contributed by atoms with E-state index in [1.165, 1.54) is 12.1 Å². The lowest BCUT2D eigenvalue weighted by Gasteiger charge is -2.07. The van der Waals surface area contributed by atoms with Gasteiger partial charge in [-0.1, -0.05) is 34.1 Å². The van der Waals surface area contributed by atoms with E-state index in [1.807, 2.05) is 30.3 Å². The van der Waals surface area contributed by atoms with E-state index in [0.29, 0.717) is 19.8 Å². The molecule has 2 aromatic rings. The second-order valence-corrected chi connectivity index (χ2v) is 5.21. The van der Waals surface area contributed by atoms with E-state index in [1.54, 1.807) is 0 Å². The molecule has 0 radical (unpaired) electrons. The third-order valence-electron chi connectivity index (χ3n) is 2.70. The predicted molar refractivity (Wildman–Crippen MR) is 76.9 cm³/mol. The molecule has 100 valence electrons. The van der Waals surface area contributed by atoms with Crippen molar-refractivity contribution < 1.29 is 9.13 Å². The highest BCUT2D eigenvalue weighted by atomic mass is 79.9. The summed E-state index contributed by atoms with van der Waals surface area (Å²) in [7, 11) is 0. The van der Waals surface area contributed by atoms with Crippen LogP contribution in [0.4, 0.5) is 4.39 Å². The van der Waals surface area contributed by atoms with E-state index in [0.717, 1.165) is 21.2 Å². The van der Waals surface area contributed by atoms with Gasteiger partial charge in [-0.25, -0.2) is 4.39 Å². The molecule has 0 aliphatic heterocycles. The third-order valence-corrected chi connectivity index (χ3v) is 3.23. The highest BCUT2D eigenvalue weighted by Crippen LogP contribution is 2.13. The normalized spacial score (nSPS) is 10.7. The summed E-state index contributed by atoms with van der Waals surface area (Å²) in [6.07, 6.45) is 0. The summed E-state index contributed by atoms with van der Waals surface area (Å²) >= 11 is 3.38. The minimum absolute atomic E-state index is 0.273. The zero-order chi connectivity index (χ0) is 13.7. The van der Waals surface area contributed by atoms with Crippen LogP contribution in [-0.4, -0.2) is 0 Å². The first-order valence-corrected chi connectivity index (χ1v) is 6.77. The second kappa shape index (κ2) is 6.80. The van der Waals surface area contributed by atoms with Gasteiger partial charge in [0.1, 0.15) is 5.82 Å². The summed E-state index contributed by atoms with van der Waals surface area (Å²) in [5, 5.41) is 0. The topological polar surface area (TPSA) is 35.2 Å². The molecular formula is C15H15BrFNO. The van der Waals surface area contributed by atoms with Crippen LogP contribution in [0.25, 0.3) is 0 Å². The Morgan fingerprint density at radius 1 is 0.947 bits per heavy atom. The van der Waals surface area contributed by atoms with Crippen LogP contribution in [0.1, 0.15) is 16.7 Å². The largest absolute Gasteiger partial charge is 0.372 e. The smallest absolute Gasteiger partial charge is 0.123 e. The molecule has 0 aliphatic rings. The minimum Gasteiger partial charge on any atom is -0.372 e. The van der Waals surface area contributed by atoms with Crippen LogP contribution in [0.15, 0.2) is 46.9 Å². The summed E-state index contributed by atoms with van der Waals surface area (Å²) in [4.78, 5) is 0. The summed E-state index contributed by atoms with van der Waals surface area (Å²) in [6.45, 7) is 1.21. The molecule has 2 N–H and O–H groups in total. The van der Waals surface area contributed by atoms with Gasteiger partial charge in [0.2, 0.25) is 0 Å². The van der Waals surface area contributed by atoms with Crippen LogP contribution in [0.5, 0.6) is 0 Å². The van der Waals surface area contributed by atoms with Gasteiger partial charge in [0, 0.05) is 11.0 Å². The zero-order valence-corrected chi connectivity index (χ0v) is 12.0. The zero-order valence-electron chi connectivity index (χ0n) is 10.4. The molecule has 0 aromatic heterocycles. The van der Waals surface area contributed by atoms with Crippen molar-refractivity contribution in [3.05, 3.63) is 69.4 Å². The van der Waals surface area contributed by atoms with Crippen molar-refractivity contribution in [3.63, 3.8) is 0 Å². The van der Waals surface area contributed by atoms with Crippen molar-refractivity contribution in [2.24, 2.45) is 5.73 Å². The molecule has 0 atom stereocenters. The van der Waals surface area contributed by atoms with Gasteiger partial charge in [0.15, 0.2) is 0 Å². The molecule has 0 amide bonds. The number of benzene rings is 2. The lowest BCUT2D eigenvalue weighted by Crippen LogP contribution is -2.00. The maximum absolute atomic E-state index is 13.3. The SMILES string of the molecule is NCc1cc(F)cc(COCc2ccc(Br)cc2)c1. The Hall–Kier alpha value is -1.23. The van der Waals surface area contributed by atoms with Gasteiger partial charge in [-0.15, -0.1) is 0 Å². The number of ether oxygens (including phenoxy) is 1. The van der Waals surface area contributed by atoms with Crippen LogP contribution >= 0.6 is 15.9 Å². The van der Waals surface area contributed by atoms with E-state index in [9.17, 15) is 4.39 Å². The Bertz CT molecular complexity index is 542. The van der Waals surface area contributed by atoms with Crippen LogP contribution in [0.3, 0.4) is 0 Å². The van der Waals surface area contributed by atoms with Gasteiger partial charge in [-0.3, -0.25) is 0 Å². The van der Waals surface area contributed by atoms with Crippen LogP contribution in [0, 0.1) is 5.82 Å². The Labute approximate surface area is 120 Å². The Kier molecular flexibility index (Phi) is 5.07. The molecule has 4 heteroatoms. The summed E-state index contributed by atoms with van der Waals surface area (Å²) < 4.78 is 19.9. The number of hydrogen-bond donors (Lipinski definition) is 1. The number of rotatable bonds is 5. The summed E-state index contributed by atoms with van der Waals surface area (Å²) in [5.41, 5.74) is 8.17. The molecule has 0 unspecified atom stereocenters. The number of nitrogens with two attached hydrogens (primary N) is 1. The first-order chi connectivity index (χ1) is 9.17. The van der Waals surface area contributed by atoms with Gasteiger partial charge in [0.05, 0.1) is 13.2 Å². The highest BCUT2D eigenvalue weighted by Gasteiger charge is 2.01. The standard InChI is InChI=1S/C15H15BrFNO/c16-14-3-1-11(2-4-14)9-19-10-13-5-12(8-18)6-15(17)7-13/h1-7H,8-10,18H2. The quantitative estimate of drug-likeness (QED) is 0.909. The molecule has 0 fully saturated rings. The van der Waals surface area contributed by atoms with Gasteiger partial charge >= 0.3 is 0 Å². The van der Waals surface area contributed by atoms with E-state index < -0.39 is 0 Å². The monoisotopic (exact) mass is 323 g/mol. The van der Waals surface area contributed by atoms with E-state index >= 15 is 0 Å². The fraction of sp³-hybridized carbons (Fsp3) is 0.200. The fourth-order valence-corrected chi connectivity index (χ4v) is 2.05. The average Bonchev–Trinajstić information content (AvgIpc) is 2.40. The van der Waals surface area contributed by atoms with Gasteiger partial charge in [-0.2, -0.15) is 0 Å². The maximum atomic E-state index is 13.3. The summed E-state index contributed by atoms with van der Waals surface area (Å²) in [5.74, 6) is -0.273. The lowest BCUT2D eigenvalue weighted by molar-refractivity contribution is 0.107. The highest BCUT2D eigenvalue weighted by molar-refractivity contribution is 9.10. The third kappa shape index (κ3) is 4.42. The molecule has 2 nitrogen and oxygen atoms in total. The Morgan fingerprint density at radius 3 is 2.26 bits per heavy atom. The molecule has 0 heterocycles. The van der Waals surface area contributed by atoms with Gasteiger partial charge in [-0.05, 0) is 41.0 Å². The maximum Gasteiger partial charge on any atom is 0.123 e. The first kappa shape index (κ1) is 14.2. The van der Waals surface area contributed by atoms with E-state index in [-0.39, 0.29) is 5.82 Å². The van der Waals surface area contributed by atoms with Crippen LogP contribution < -0.4 is 5.73 Å². The molecule has 2 aromatic carbocycles. The molecule has 0 aliphatic carbocycles. The van der Waals surface area contributed by atoms with Crippen molar-refractivity contribution in [1.29, 1.82) is 0 Å². The van der Waals surface area contributed by atoms with Gasteiger partial charge in [0.25, 0.3) is 0 Å². The molecule has 0 saturated carbocycles.